The van der Waals surface area contributed by atoms with E-state index in [1.54, 1.807) is 0 Å². The summed E-state index contributed by atoms with van der Waals surface area (Å²) in [5, 5.41) is 3.53. The molecule has 2 unspecified atom stereocenters. The van der Waals surface area contributed by atoms with E-state index >= 15 is 0 Å². The van der Waals surface area contributed by atoms with Crippen LogP contribution >= 0.6 is 0 Å². The summed E-state index contributed by atoms with van der Waals surface area (Å²) in [6.45, 7) is 4.88. The summed E-state index contributed by atoms with van der Waals surface area (Å²) >= 11 is 0. The average molecular weight is 224 g/mol. The molecule has 2 atom stereocenters. The van der Waals surface area contributed by atoms with Gasteiger partial charge in [-0.15, -0.1) is 0 Å². The van der Waals surface area contributed by atoms with E-state index < -0.39 is 0 Å². The first kappa shape index (κ1) is 12.4. The molecule has 16 heavy (non-hydrogen) atoms. The molecular formula is C14H28N2. The highest BCUT2D eigenvalue weighted by molar-refractivity contribution is 4.84. The average Bonchev–Trinajstić information content (AvgIpc) is 2.39. The van der Waals surface area contributed by atoms with Crippen LogP contribution in [0.3, 0.4) is 0 Å². The molecule has 2 fully saturated rings. The fraction of sp³-hybridized carbons (Fsp3) is 1.00. The molecular weight excluding hydrogens is 196 g/mol. The first-order valence-electron chi connectivity index (χ1n) is 7.21. The predicted molar refractivity (Wildman–Crippen MR) is 69.7 cm³/mol. The lowest BCUT2D eigenvalue weighted by Crippen LogP contribution is -2.49. The molecule has 0 aromatic rings. The second-order valence-electron chi connectivity index (χ2n) is 5.80. The maximum Gasteiger partial charge on any atom is 0.0221 e. The van der Waals surface area contributed by atoms with E-state index in [4.69, 9.17) is 0 Å². The van der Waals surface area contributed by atoms with Gasteiger partial charge in [-0.1, -0.05) is 19.3 Å². The maximum absolute atomic E-state index is 3.53. The smallest absolute Gasteiger partial charge is 0.0221 e. The molecule has 1 aliphatic heterocycles. The van der Waals surface area contributed by atoms with Crippen molar-refractivity contribution in [1.82, 2.24) is 10.2 Å². The van der Waals surface area contributed by atoms with Crippen LogP contribution in [0.5, 0.6) is 0 Å². The summed E-state index contributed by atoms with van der Waals surface area (Å²) in [7, 11) is 2.34. The summed E-state index contributed by atoms with van der Waals surface area (Å²) in [6.07, 6.45) is 10.1. The minimum atomic E-state index is 0.783. The van der Waals surface area contributed by atoms with Gasteiger partial charge in [0.1, 0.15) is 0 Å². The highest BCUT2D eigenvalue weighted by atomic mass is 15.2. The first-order valence-corrected chi connectivity index (χ1v) is 7.21. The van der Waals surface area contributed by atoms with Crippen molar-refractivity contribution >= 4 is 0 Å². The molecule has 2 nitrogen and oxygen atoms in total. The molecule has 94 valence electrons. The maximum atomic E-state index is 3.53. The van der Waals surface area contributed by atoms with Crippen molar-refractivity contribution in [2.45, 2.75) is 64.0 Å². The minimum absolute atomic E-state index is 0.783. The van der Waals surface area contributed by atoms with Gasteiger partial charge >= 0.3 is 0 Å². The van der Waals surface area contributed by atoms with Gasteiger partial charge in [0.25, 0.3) is 0 Å². The van der Waals surface area contributed by atoms with Gasteiger partial charge in [-0.05, 0) is 52.1 Å². The fourth-order valence-corrected chi connectivity index (χ4v) is 3.46. The third-order valence-corrected chi connectivity index (χ3v) is 4.82. The summed E-state index contributed by atoms with van der Waals surface area (Å²) in [5.74, 6) is 0.959. The zero-order valence-corrected chi connectivity index (χ0v) is 11.0. The van der Waals surface area contributed by atoms with E-state index in [1.807, 2.05) is 0 Å². The standard InChI is InChI=1S/C14H28N2/c1-12(13-7-4-3-5-8-13)16(2)14-9-6-10-15-11-14/h12-15H,3-11H2,1-2H3. The van der Waals surface area contributed by atoms with Gasteiger partial charge < -0.3 is 5.32 Å². The topological polar surface area (TPSA) is 15.3 Å². The molecule has 0 bridgehead atoms. The Bertz CT molecular complexity index is 171. The Morgan fingerprint density at radius 3 is 2.44 bits per heavy atom. The Morgan fingerprint density at radius 1 is 1.06 bits per heavy atom. The number of hydrogen-bond acceptors (Lipinski definition) is 2. The van der Waals surface area contributed by atoms with Gasteiger partial charge in [-0.25, -0.2) is 0 Å². The SMILES string of the molecule is CC(C1CCCCC1)N(C)C1CCCNC1. The minimum Gasteiger partial charge on any atom is -0.315 e. The Balaban J connectivity index is 1.84. The number of nitrogens with zero attached hydrogens (tertiary/aromatic N) is 1. The quantitative estimate of drug-likeness (QED) is 0.793. The normalized spacial score (nSPS) is 30.6. The fourth-order valence-electron chi connectivity index (χ4n) is 3.46. The molecule has 1 N–H and O–H groups in total. The van der Waals surface area contributed by atoms with Crippen molar-refractivity contribution in [3.8, 4) is 0 Å². The molecule has 1 aliphatic carbocycles. The summed E-state index contributed by atoms with van der Waals surface area (Å²) in [5.41, 5.74) is 0. The predicted octanol–water partition coefficient (Wildman–Crippen LogP) is 2.64. The lowest BCUT2D eigenvalue weighted by molar-refractivity contribution is 0.0989. The first-order chi connectivity index (χ1) is 7.79. The lowest BCUT2D eigenvalue weighted by Gasteiger charge is -2.40. The Kier molecular flexibility index (Phi) is 4.66. The van der Waals surface area contributed by atoms with E-state index in [0.29, 0.717) is 0 Å². The van der Waals surface area contributed by atoms with Crippen LogP contribution in [0.1, 0.15) is 51.9 Å². The highest BCUT2D eigenvalue weighted by Crippen LogP contribution is 2.29. The van der Waals surface area contributed by atoms with Crippen LogP contribution in [0.15, 0.2) is 0 Å². The van der Waals surface area contributed by atoms with Crippen LogP contribution in [-0.4, -0.2) is 37.1 Å². The number of nitrogens with one attached hydrogen (secondary N) is 1. The largest absolute Gasteiger partial charge is 0.315 e. The Labute approximate surface area is 101 Å². The summed E-state index contributed by atoms with van der Waals surface area (Å²) < 4.78 is 0. The Morgan fingerprint density at radius 2 is 1.81 bits per heavy atom. The van der Waals surface area contributed by atoms with Gasteiger partial charge in [0.2, 0.25) is 0 Å². The van der Waals surface area contributed by atoms with Crippen LogP contribution < -0.4 is 5.32 Å². The van der Waals surface area contributed by atoms with E-state index in [2.05, 4.69) is 24.2 Å². The van der Waals surface area contributed by atoms with Crippen molar-refractivity contribution in [1.29, 1.82) is 0 Å². The third kappa shape index (κ3) is 2.98. The molecule has 0 amide bonds. The second-order valence-corrected chi connectivity index (χ2v) is 5.80. The second kappa shape index (κ2) is 6.02. The highest BCUT2D eigenvalue weighted by Gasteiger charge is 2.27. The van der Waals surface area contributed by atoms with Crippen molar-refractivity contribution in [2.24, 2.45) is 5.92 Å². The van der Waals surface area contributed by atoms with Gasteiger partial charge in [0, 0.05) is 18.6 Å². The van der Waals surface area contributed by atoms with Crippen molar-refractivity contribution in [3.05, 3.63) is 0 Å². The van der Waals surface area contributed by atoms with E-state index in [1.165, 1.54) is 58.0 Å². The van der Waals surface area contributed by atoms with Gasteiger partial charge in [0.05, 0.1) is 0 Å². The number of likely N-dealkylation sites (N-methyl/N-ethyl adjacent to an activating group) is 1. The van der Waals surface area contributed by atoms with Crippen LogP contribution in [0.2, 0.25) is 0 Å². The third-order valence-electron chi connectivity index (χ3n) is 4.82. The molecule has 0 radical (unpaired) electrons. The van der Waals surface area contributed by atoms with Crippen LogP contribution in [0.4, 0.5) is 0 Å². The molecule has 1 saturated heterocycles. The van der Waals surface area contributed by atoms with Crippen molar-refractivity contribution in [3.63, 3.8) is 0 Å². The summed E-state index contributed by atoms with van der Waals surface area (Å²) in [6, 6.07) is 1.57. The number of hydrogen-bond donors (Lipinski definition) is 1. The van der Waals surface area contributed by atoms with Crippen molar-refractivity contribution < 1.29 is 0 Å². The van der Waals surface area contributed by atoms with Gasteiger partial charge in [-0.2, -0.15) is 0 Å². The zero-order chi connectivity index (χ0) is 11.4. The van der Waals surface area contributed by atoms with Crippen LogP contribution in [0, 0.1) is 5.92 Å². The molecule has 2 rings (SSSR count). The molecule has 0 aromatic heterocycles. The van der Waals surface area contributed by atoms with Gasteiger partial charge in [0.15, 0.2) is 0 Å². The van der Waals surface area contributed by atoms with E-state index in [0.717, 1.165) is 18.0 Å². The molecule has 1 saturated carbocycles. The Hall–Kier alpha value is -0.0800. The number of rotatable bonds is 3. The van der Waals surface area contributed by atoms with Crippen LogP contribution in [-0.2, 0) is 0 Å². The monoisotopic (exact) mass is 224 g/mol. The summed E-state index contributed by atoms with van der Waals surface area (Å²) in [4.78, 5) is 2.65. The molecule has 0 aromatic carbocycles. The van der Waals surface area contributed by atoms with Crippen LogP contribution in [0.25, 0.3) is 0 Å². The number of piperidine rings is 1. The molecule has 2 heteroatoms. The molecule has 0 spiro atoms. The van der Waals surface area contributed by atoms with Crippen molar-refractivity contribution in [2.75, 3.05) is 20.1 Å². The lowest BCUT2D eigenvalue weighted by atomic mass is 9.83. The van der Waals surface area contributed by atoms with E-state index in [9.17, 15) is 0 Å². The molecule has 1 heterocycles. The van der Waals surface area contributed by atoms with E-state index in [-0.39, 0.29) is 0 Å². The van der Waals surface area contributed by atoms with Gasteiger partial charge in [-0.3, -0.25) is 4.90 Å². The zero-order valence-electron chi connectivity index (χ0n) is 11.0. The molecule has 2 aliphatic rings.